The van der Waals surface area contributed by atoms with Gasteiger partial charge in [-0.2, -0.15) is 18.2 Å². The third-order valence-corrected chi connectivity index (χ3v) is 4.64. The van der Waals surface area contributed by atoms with E-state index in [1.807, 2.05) is 43.3 Å². The fourth-order valence-corrected chi connectivity index (χ4v) is 2.81. The lowest BCUT2D eigenvalue weighted by Crippen LogP contribution is -2.17. The number of halogens is 3. The first-order valence-electron chi connectivity index (χ1n) is 9.27. The van der Waals surface area contributed by atoms with E-state index in [1.54, 1.807) is 24.1 Å². The zero-order valence-corrected chi connectivity index (χ0v) is 16.7. The first-order valence-corrected chi connectivity index (χ1v) is 9.27. The summed E-state index contributed by atoms with van der Waals surface area (Å²) in [5, 5.41) is 2.80. The van der Waals surface area contributed by atoms with Crippen LogP contribution in [-0.2, 0) is 6.18 Å². The average molecular weight is 400 g/mol. The maximum absolute atomic E-state index is 13.5. The second-order valence-electron chi connectivity index (χ2n) is 7.23. The zero-order chi connectivity index (χ0) is 21.2. The summed E-state index contributed by atoms with van der Waals surface area (Å²) < 4.78 is 40.5. The van der Waals surface area contributed by atoms with Gasteiger partial charge < -0.3 is 10.2 Å². The summed E-state index contributed by atoms with van der Waals surface area (Å²) in [6.07, 6.45) is -3.75. The van der Waals surface area contributed by atoms with Crippen molar-refractivity contribution < 1.29 is 13.2 Å². The van der Waals surface area contributed by atoms with Gasteiger partial charge in [-0.05, 0) is 42.7 Å². The molecule has 2 aromatic carbocycles. The number of anilines is 4. The minimum atomic E-state index is -4.57. The lowest BCUT2D eigenvalue weighted by molar-refractivity contribution is -0.137. The second-order valence-corrected chi connectivity index (χ2v) is 7.23. The van der Waals surface area contributed by atoms with E-state index in [-0.39, 0.29) is 11.8 Å². The highest BCUT2D eigenvalue weighted by Gasteiger charge is 2.35. The molecule has 3 aromatic rings. The fraction of sp³-hybridized carbons (Fsp3) is 0.273. The molecule has 0 atom stereocenters. The Balaban J connectivity index is 1.96. The van der Waals surface area contributed by atoms with Crippen molar-refractivity contribution in [2.24, 2.45) is 0 Å². The van der Waals surface area contributed by atoms with Gasteiger partial charge in [0.1, 0.15) is 11.4 Å². The molecule has 3 rings (SSSR count). The van der Waals surface area contributed by atoms with Gasteiger partial charge in [-0.15, -0.1) is 0 Å². The maximum Gasteiger partial charge on any atom is 0.421 e. The standard InChI is InChI=1S/C22H23F3N4/c1-14(2)16-7-9-17(10-8-16)27-20-19(22(23,24)25)13-26-21(28-20)29(4)18-11-5-15(3)6-12-18/h5-14H,1-4H3,(H,26,27,28). The Morgan fingerprint density at radius 1 is 0.966 bits per heavy atom. The van der Waals surface area contributed by atoms with Crippen molar-refractivity contribution in [1.29, 1.82) is 0 Å². The molecule has 0 saturated carbocycles. The van der Waals surface area contributed by atoms with Crippen LogP contribution in [0, 0.1) is 6.92 Å². The molecule has 152 valence electrons. The van der Waals surface area contributed by atoms with E-state index in [9.17, 15) is 13.2 Å². The van der Waals surface area contributed by atoms with Gasteiger partial charge in [-0.1, -0.05) is 43.7 Å². The third-order valence-electron chi connectivity index (χ3n) is 4.64. The zero-order valence-electron chi connectivity index (χ0n) is 16.7. The van der Waals surface area contributed by atoms with Crippen LogP contribution in [-0.4, -0.2) is 17.0 Å². The van der Waals surface area contributed by atoms with Crippen LogP contribution in [0.3, 0.4) is 0 Å². The number of hydrogen-bond acceptors (Lipinski definition) is 4. The largest absolute Gasteiger partial charge is 0.421 e. The molecule has 7 heteroatoms. The van der Waals surface area contributed by atoms with Crippen molar-refractivity contribution in [2.45, 2.75) is 32.9 Å². The molecule has 1 heterocycles. The normalized spacial score (nSPS) is 11.6. The van der Waals surface area contributed by atoms with Crippen molar-refractivity contribution in [3.63, 3.8) is 0 Å². The number of nitrogens with zero attached hydrogens (tertiary/aromatic N) is 3. The molecule has 0 saturated heterocycles. The summed E-state index contributed by atoms with van der Waals surface area (Å²) in [6, 6.07) is 14.9. The van der Waals surface area contributed by atoms with E-state index in [2.05, 4.69) is 29.1 Å². The number of nitrogens with one attached hydrogen (secondary N) is 1. The van der Waals surface area contributed by atoms with Crippen LogP contribution in [0.5, 0.6) is 0 Å². The Bertz CT molecular complexity index is 965. The topological polar surface area (TPSA) is 41.1 Å². The van der Waals surface area contributed by atoms with Gasteiger partial charge in [0.15, 0.2) is 0 Å². The summed E-state index contributed by atoms with van der Waals surface area (Å²) in [4.78, 5) is 9.76. The van der Waals surface area contributed by atoms with E-state index in [0.29, 0.717) is 11.6 Å². The number of benzene rings is 2. The van der Waals surface area contributed by atoms with E-state index < -0.39 is 11.7 Å². The summed E-state index contributed by atoms with van der Waals surface area (Å²) in [5.41, 5.74) is 2.59. The first kappa shape index (κ1) is 20.6. The smallest absolute Gasteiger partial charge is 0.340 e. The van der Waals surface area contributed by atoms with Gasteiger partial charge in [-0.3, -0.25) is 0 Å². The molecule has 0 aliphatic rings. The lowest BCUT2D eigenvalue weighted by Gasteiger charge is -2.20. The molecule has 0 aliphatic heterocycles. The molecule has 29 heavy (non-hydrogen) atoms. The van der Waals surface area contributed by atoms with Crippen molar-refractivity contribution in [2.75, 3.05) is 17.3 Å². The molecular weight excluding hydrogens is 377 g/mol. The summed E-state index contributed by atoms with van der Waals surface area (Å²) in [5.74, 6) is 0.227. The van der Waals surface area contributed by atoms with Gasteiger partial charge in [0.25, 0.3) is 0 Å². The van der Waals surface area contributed by atoms with Gasteiger partial charge in [0, 0.05) is 24.6 Å². The first-order chi connectivity index (χ1) is 13.6. The molecule has 1 aromatic heterocycles. The number of aromatic nitrogens is 2. The van der Waals surface area contributed by atoms with Gasteiger partial charge in [-0.25, -0.2) is 4.98 Å². The van der Waals surface area contributed by atoms with Crippen LogP contribution in [0.15, 0.2) is 54.7 Å². The number of hydrogen-bond donors (Lipinski definition) is 1. The van der Waals surface area contributed by atoms with Crippen molar-refractivity contribution >= 4 is 23.1 Å². The molecule has 0 bridgehead atoms. The number of alkyl halides is 3. The predicted molar refractivity (Wildman–Crippen MR) is 110 cm³/mol. The molecular formula is C22H23F3N4. The van der Waals surface area contributed by atoms with Crippen molar-refractivity contribution in [1.82, 2.24) is 9.97 Å². The molecule has 1 N–H and O–H groups in total. The van der Waals surface area contributed by atoms with Crippen LogP contribution < -0.4 is 10.2 Å². The van der Waals surface area contributed by atoms with Crippen molar-refractivity contribution in [3.05, 3.63) is 71.4 Å². The van der Waals surface area contributed by atoms with Crippen LogP contribution in [0.25, 0.3) is 0 Å². The maximum atomic E-state index is 13.5. The Morgan fingerprint density at radius 3 is 2.14 bits per heavy atom. The van der Waals surface area contributed by atoms with Gasteiger partial charge in [0.2, 0.25) is 5.95 Å². The summed E-state index contributed by atoms with van der Waals surface area (Å²) in [7, 11) is 1.72. The molecule has 0 aliphatic carbocycles. The Labute approximate surface area is 168 Å². The lowest BCUT2D eigenvalue weighted by atomic mass is 10.0. The highest BCUT2D eigenvalue weighted by atomic mass is 19.4. The van der Waals surface area contributed by atoms with Gasteiger partial charge >= 0.3 is 6.18 Å². The molecule has 0 fully saturated rings. The summed E-state index contributed by atoms with van der Waals surface area (Å²) >= 11 is 0. The van der Waals surface area contributed by atoms with Crippen molar-refractivity contribution in [3.8, 4) is 0 Å². The van der Waals surface area contributed by atoms with Crippen LogP contribution >= 0.6 is 0 Å². The summed E-state index contributed by atoms with van der Waals surface area (Å²) in [6.45, 7) is 6.08. The van der Waals surface area contributed by atoms with Crippen LogP contribution in [0.1, 0.15) is 36.5 Å². The van der Waals surface area contributed by atoms with E-state index in [4.69, 9.17) is 0 Å². The quantitative estimate of drug-likeness (QED) is 0.535. The Hall–Kier alpha value is -3.09. The Morgan fingerprint density at radius 2 is 1.59 bits per heavy atom. The SMILES string of the molecule is Cc1ccc(N(C)c2ncc(C(F)(F)F)c(Nc3ccc(C(C)C)cc3)n2)cc1. The predicted octanol–water partition coefficient (Wildman–Crippen LogP) is 6.44. The molecule has 0 radical (unpaired) electrons. The minimum Gasteiger partial charge on any atom is -0.340 e. The van der Waals surface area contributed by atoms with E-state index >= 15 is 0 Å². The number of rotatable bonds is 5. The minimum absolute atomic E-state index is 0.170. The average Bonchev–Trinajstić information content (AvgIpc) is 2.67. The highest BCUT2D eigenvalue weighted by Crippen LogP contribution is 2.36. The molecule has 0 amide bonds. The fourth-order valence-electron chi connectivity index (χ4n) is 2.81. The van der Waals surface area contributed by atoms with Crippen LogP contribution in [0.2, 0.25) is 0 Å². The number of aryl methyl sites for hydroxylation is 1. The Kier molecular flexibility index (Phi) is 5.77. The monoisotopic (exact) mass is 400 g/mol. The highest BCUT2D eigenvalue weighted by molar-refractivity contribution is 5.64. The molecule has 0 unspecified atom stereocenters. The van der Waals surface area contributed by atoms with E-state index in [0.717, 1.165) is 23.0 Å². The van der Waals surface area contributed by atoms with Crippen LogP contribution in [0.4, 0.5) is 36.3 Å². The third kappa shape index (κ3) is 4.85. The molecule has 0 spiro atoms. The van der Waals surface area contributed by atoms with E-state index in [1.165, 1.54) is 0 Å². The second kappa shape index (κ2) is 8.11. The van der Waals surface area contributed by atoms with Gasteiger partial charge in [0.05, 0.1) is 0 Å². The molecule has 4 nitrogen and oxygen atoms in total.